The van der Waals surface area contributed by atoms with Gasteiger partial charge in [-0.25, -0.2) is 4.79 Å². The number of hydrogen-bond acceptors (Lipinski definition) is 4. The molecule has 1 aromatic heterocycles. The van der Waals surface area contributed by atoms with E-state index in [1.165, 1.54) is 31.7 Å². The third kappa shape index (κ3) is 2.25. The number of nitrogens with one attached hydrogen (secondary N) is 2. The van der Waals surface area contributed by atoms with Gasteiger partial charge in [0.2, 0.25) is 5.91 Å². The molecule has 82 valence electrons. The molecule has 0 spiro atoms. The summed E-state index contributed by atoms with van der Waals surface area (Å²) >= 11 is 0. The molecule has 1 amide bonds. The number of carbonyl (C=O) groups excluding carboxylic acids is 1. The second-order valence-electron chi connectivity index (χ2n) is 3.07. The van der Waals surface area contributed by atoms with E-state index in [2.05, 4.69) is 10.9 Å². The highest BCUT2D eigenvalue weighted by Crippen LogP contribution is 1.94. The van der Waals surface area contributed by atoms with Gasteiger partial charge >= 0.3 is 5.69 Å². The molecule has 1 rings (SSSR count). The Morgan fingerprint density at radius 3 is 2.40 bits per heavy atom. The Bertz CT molecular complexity index is 500. The van der Waals surface area contributed by atoms with Gasteiger partial charge in [-0.1, -0.05) is 0 Å². The zero-order valence-corrected chi connectivity index (χ0v) is 8.70. The van der Waals surface area contributed by atoms with E-state index in [1.807, 2.05) is 0 Å². The van der Waals surface area contributed by atoms with E-state index in [4.69, 9.17) is 0 Å². The third-order valence-electron chi connectivity index (χ3n) is 1.89. The van der Waals surface area contributed by atoms with E-state index in [0.717, 1.165) is 4.57 Å². The van der Waals surface area contributed by atoms with E-state index in [-0.39, 0.29) is 11.7 Å². The van der Waals surface area contributed by atoms with Gasteiger partial charge in [-0.3, -0.25) is 29.6 Å². The molecule has 7 heteroatoms. The SMILES string of the molecule is CC(=O)NNc1cc(=O)n(C)c(=O)n1C. The largest absolute Gasteiger partial charge is 0.332 e. The molecule has 0 fully saturated rings. The van der Waals surface area contributed by atoms with Gasteiger partial charge in [0.15, 0.2) is 0 Å². The molecular weight excluding hydrogens is 200 g/mol. The molecule has 2 N–H and O–H groups in total. The van der Waals surface area contributed by atoms with Gasteiger partial charge < -0.3 is 0 Å². The van der Waals surface area contributed by atoms with Crippen molar-refractivity contribution in [3.05, 3.63) is 26.9 Å². The van der Waals surface area contributed by atoms with Crippen LogP contribution in [-0.4, -0.2) is 15.0 Å². The van der Waals surface area contributed by atoms with E-state index < -0.39 is 11.2 Å². The van der Waals surface area contributed by atoms with E-state index in [1.54, 1.807) is 0 Å². The lowest BCUT2D eigenvalue weighted by molar-refractivity contribution is -0.118. The minimum atomic E-state index is -0.463. The van der Waals surface area contributed by atoms with Crippen molar-refractivity contribution in [2.75, 3.05) is 5.43 Å². The standard InChI is InChI=1S/C8H12N4O3/c1-5(13)9-10-6-4-7(14)12(3)8(15)11(6)2/h4,10H,1-3H3,(H,9,13). The van der Waals surface area contributed by atoms with Crippen LogP contribution in [0.15, 0.2) is 15.7 Å². The number of hydrogen-bond donors (Lipinski definition) is 2. The summed E-state index contributed by atoms with van der Waals surface area (Å²) in [5, 5.41) is 0. The molecule has 0 atom stereocenters. The number of aromatic nitrogens is 2. The molecule has 15 heavy (non-hydrogen) atoms. The Balaban J connectivity index is 3.16. The smallest absolute Gasteiger partial charge is 0.283 e. The molecule has 0 radical (unpaired) electrons. The molecule has 0 saturated heterocycles. The van der Waals surface area contributed by atoms with Crippen molar-refractivity contribution in [3.8, 4) is 0 Å². The van der Waals surface area contributed by atoms with Gasteiger partial charge in [-0.2, -0.15) is 0 Å². The van der Waals surface area contributed by atoms with Gasteiger partial charge in [0.25, 0.3) is 5.56 Å². The van der Waals surface area contributed by atoms with Crippen LogP contribution in [0.4, 0.5) is 5.82 Å². The average Bonchev–Trinajstić information content (AvgIpc) is 2.18. The first-order valence-corrected chi connectivity index (χ1v) is 4.23. The van der Waals surface area contributed by atoms with Crippen LogP contribution < -0.4 is 22.1 Å². The second-order valence-corrected chi connectivity index (χ2v) is 3.07. The van der Waals surface area contributed by atoms with Crippen LogP contribution in [0.3, 0.4) is 0 Å². The van der Waals surface area contributed by atoms with Crippen molar-refractivity contribution in [2.24, 2.45) is 14.1 Å². The zero-order chi connectivity index (χ0) is 11.6. The lowest BCUT2D eigenvalue weighted by Crippen LogP contribution is -2.39. The van der Waals surface area contributed by atoms with Crippen LogP contribution >= 0.6 is 0 Å². The fraction of sp³-hybridized carbons (Fsp3) is 0.375. The maximum absolute atomic E-state index is 11.4. The Morgan fingerprint density at radius 1 is 1.27 bits per heavy atom. The van der Waals surface area contributed by atoms with Crippen LogP contribution in [0, 0.1) is 0 Å². The predicted octanol–water partition coefficient (Wildman–Crippen LogP) is -1.45. The summed E-state index contributed by atoms with van der Waals surface area (Å²) < 4.78 is 2.19. The first-order valence-electron chi connectivity index (χ1n) is 4.23. The van der Waals surface area contributed by atoms with E-state index in [9.17, 15) is 14.4 Å². The highest BCUT2D eigenvalue weighted by atomic mass is 16.2. The first kappa shape index (κ1) is 11.0. The van der Waals surface area contributed by atoms with Crippen molar-refractivity contribution < 1.29 is 4.79 Å². The van der Waals surface area contributed by atoms with Gasteiger partial charge in [0.05, 0.1) is 0 Å². The Kier molecular flexibility index (Phi) is 2.93. The van der Waals surface area contributed by atoms with Crippen LogP contribution in [-0.2, 0) is 18.9 Å². The molecule has 0 bridgehead atoms. The number of anilines is 1. The highest BCUT2D eigenvalue weighted by molar-refractivity contribution is 5.74. The molecular formula is C8H12N4O3. The zero-order valence-electron chi connectivity index (χ0n) is 8.70. The molecule has 0 aromatic carbocycles. The Labute approximate surface area is 85.3 Å². The van der Waals surface area contributed by atoms with Crippen molar-refractivity contribution in [3.63, 3.8) is 0 Å². The second kappa shape index (κ2) is 3.99. The van der Waals surface area contributed by atoms with Crippen LogP contribution in [0.5, 0.6) is 0 Å². The number of rotatable bonds is 2. The summed E-state index contributed by atoms with van der Waals surface area (Å²) in [6, 6.07) is 1.22. The lowest BCUT2D eigenvalue weighted by atomic mass is 10.5. The fourth-order valence-corrected chi connectivity index (χ4v) is 1.00. The summed E-state index contributed by atoms with van der Waals surface area (Å²) in [5.74, 6) is -0.0820. The van der Waals surface area contributed by atoms with Crippen molar-refractivity contribution >= 4 is 11.7 Å². The molecule has 1 aromatic rings. The minimum absolute atomic E-state index is 0.235. The van der Waals surface area contributed by atoms with Gasteiger partial charge in [0, 0.05) is 27.1 Å². The Hall–Kier alpha value is -2.05. The highest BCUT2D eigenvalue weighted by Gasteiger charge is 2.04. The Morgan fingerprint density at radius 2 is 1.87 bits per heavy atom. The molecule has 0 aliphatic carbocycles. The van der Waals surface area contributed by atoms with E-state index in [0.29, 0.717) is 0 Å². The van der Waals surface area contributed by atoms with E-state index >= 15 is 0 Å². The van der Waals surface area contributed by atoms with Gasteiger partial charge in [0.1, 0.15) is 5.82 Å². The number of nitrogens with zero attached hydrogens (tertiary/aromatic N) is 2. The summed E-state index contributed by atoms with van der Waals surface area (Å²) in [6.07, 6.45) is 0. The topological polar surface area (TPSA) is 85.1 Å². The quantitative estimate of drug-likeness (QED) is 0.587. The third-order valence-corrected chi connectivity index (χ3v) is 1.89. The maximum atomic E-state index is 11.4. The van der Waals surface area contributed by atoms with Crippen molar-refractivity contribution in [2.45, 2.75) is 6.92 Å². The summed E-state index contributed by atoms with van der Waals surface area (Å²) in [6.45, 7) is 1.31. The number of carbonyl (C=O) groups is 1. The average molecular weight is 212 g/mol. The normalized spacial score (nSPS) is 9.80. The molecule has 0 aliphatic rings. The molecule has 0 saturated carbocycles. The van der Waals surface area contributed by atoms with Crippen molar-refractivity contribution in [1.29, 1.82) is 0 Å². The summed E-state index contributed by atoms with van der Waals surface area (Å²) in [7, 11) is 2.87. The van der Waals surface area contributed by atoms with Crippen molar-refractivity contribution in [1.82, 2.24) is 14.6 Å². The summed E-state index contributed by atoms with van der Waals surface area (Å²) in [5.41, 5.74) is 3.85. The molecule has 0 unspecified atom stereocenters. The first-order chi connectivity index (χ1) is 6.93. The minimum Gasteiger partial charge on any atom is -0.283 e. The number of hydrazine groups is 1. The maximum Gasteiger partial charge on any atom is 0.332 e. The van der Waals surface area contributed by atoms with Crippen LogP contribution in [0.1, 0.15) is 6.92 Å². The van der Waals surface area contributed by atoms with Gasteiger partial charge in [-0.05, 0) is 0 Å². The summed E-state index contributed by atoms with van der Waals surface area (Å²) in [4.78, 5) is 33.3. The van der Waals surface area contributed by atoms with Gasteiger partial charge in [-0.15, -0.1) is 0 Å². The van der Waals surface area contributed by atoms with Crippen LogP contribution in [0.2, 0.25) is 0 Å². The molecule has 1 heterocycles. The van der Waals surface area contributed by atoms with Crippen LogP contribution in [0.25, 0.3) is 0 Å². The fourth-order valence-electron chi connectivity index (χ4n) is 1.00. The molecule has 7 nitrogen and oxygen atoms in total. The molecule has 0 aliphatic heterocycles. The predicted molar refractivity (Wildman–Crippen MR) is 54.4 cm³/mol. The monoisotopic (exact) mass is 212 g/mol. The lowest BCUT2D eigenvalue weighted by Gasteiger charge is -2.11. The number of amides is 1.